The molecule has 0 aliphatic rings. The fourth-order valence-corrected chi connectivity index (χ4v) is 1.08. The van der Waals surface area contributed by atoms with E-state index in [1.54, 1.807) is 6.07 Å². The van der Waals surface area contributed by atoms with Gasteiger partial charge in [-0.25, -0.2) is 4.39 Å². The van der Waals surface area contributed by atoms with Crippen molar-refractivity contribution in [1.29, 1.82) is 0 Å². The molecule has 1 rings (SSSR count). The first-order chi connectivity index (χ1) is 6.25. The first-order valence-electron chi connectivity index (χ1n) is 3.93. The molecule has 1 N–H and O–H groups in total. The van der Waals surface area contributed by atoms with E-state index >= 15 is 0 Å². The summed E-state index contributed by atoms with van der Waals surface area (Å²) in [5.41, 5.74) is 0. The maximum Gasteiger partial charge on any atom is 0.173 e. The van der Waals surface area contributed by atoms with Crippen LogP contribution < -0.4 is 4.74 Å². The lowest BCUT2D eigenvalue weighted by molar-refractivity contribution is 0.228. The molecule has 4 heteroatoms. The van der Waals surface area contributed by atoms with Crippen LogP contribution in [0.2, 0.25) is 5.02 Å². The van der Waals surface area contributed by atoms with E-state index in [1.807, 2.05) is 0 Å². The summed E-state index contributed by atoms with van der Waals surface area (Å²) >= 11 is 5.68. The molecule has 0 amide bonds. The van der Waals surface area contributed by atoms with E-state index < -0.39 is 5.82 Å². The summed E-state index contributed by atoms with van der Waals surface area (Å²) in [5, 5.41) is 8.72. The maximum absolute atomic E-state index is 13.0. The first kappa shape index (κ1) is 10.3. The fraction of sp³-hybridized carbons (Fsp3) is 0.333. The number of ether oxygens (including phenoxy) is 1. The molecular formula is C9H10ClFO2. The number of para-hydroxylation sites is 1. The molecule has 0 unspecified atom stereocenters. The van der Waals surface area contributed by atoms with Gasteiger partial charge in [-0.3, -0.25) is 0 Å². The Morgan fingerprint density at radius 1 is 1.46 bits per heavy atom. The third kappa shape index (κ3) is 2.86. The highest BCUT2D eigenvalue weighted by Gasteiger charge is 2.06. The number of aliphatic hydroxyl groups is 1. The van der Waals surface area contributed by atoms with Crippen molar-refractivity contribution < 1.29 is 14.2 Å². The van der Waals surface area contributed by atoms with Crippen LogP contribution in [-0.2, 0) is 0 Å². The van der Waals surface area contributed by atoms with Gasteiger partial charge in [0, 0.05) is 13.0 Å². The molecule has 0 spiro atoms. The van der Waals surface area contributed by atoms with Crippen molar-refractivity contribution in [2.75, 3.05) is 13.2 Å². The lowest BCUT2D eigenvalue weighted by atomic mass is 10.3. The molecule has 0 heterocycles. The van der Waals surface area contributed by atoms with Crippen LogP contribution in [0.25, 0.3) is 0 Å². The van der Waals surface area contributed by atoms with E-state index in [-0.39, 0.29) is 24.0 Å². The monoisotopic (exact) mass is 204 g/mol. The zero-order valence-corrected chi connectivity index (χ0v) is 7.72. The Kier molecular flexibility index (Phi) is 3.99. The van der Waals surface area contributed by atoms with Crippen LogP contribution in [0.5, 0.6) is 5.75 Å². The predicted octanol–water partition coefficient (Wildman–Crippen LogP) is 2.24. The normalized spacial score (nSPS) is 10.1. The molecule has 0 saturated carbocycles. The van der Waals surface area contributed by atoms with E-state index in [1.165, 1.54) is 12.1 Å². The molecule has 13 heavy (non-hydrogen) atoms. The predicted molar refractivity (Wildman–Crippen MR) is 48.6 cm³/mol. The van der Waals surface area contributed by atoms with Crippen LogP contribution in [0.4, 0.5) is 4.39 Å². The van der Waals surface area contributed by atoms with E-state index in [0.29, 0.717) is 6.42 Å². The Morgan fingerprint density at radius 3 is 2.85 bits per heavy atom. The Balaban J connectivity index is 2.64. The second-order valence-corrected chi connectivity index (χ2v) is 2.88. The Morgan fingerprint density at radius 2 is 2.23 bits per heavy atom. The summed E-state index contributed by atoms with van der Waals surface area (Å²) in [5.74, 6) is -0.428. The third-order valence-electron chi connectivity index (χ3n) is 1.47. The summed E-state index contributed by atoms with van der Waals surface area (Å²) in [6.45, 7) is 0.281. The van der Waals surface area contributed by atoms with Crippen molar-refractivity contribution in [3.63, 3.8) is 0 Å². The highest BCUT2D eigenvalue weighted by Crippen LogP contribution is 2.27. The molecule has 0 aromatic heterocycles. The van der Waals surface area contributed by atoms with E-state index in [0.717, 1.165) is 0 Å². The fourth-order valence-electron chi connectivity index (χ4n) is 0.859. The van der Waals surface area contributed by atoms with Crippen molar-refractivity contribution in [2.45, 2.75) is 6.42 Å². The van der Waals surface area contributed by atoms with Crippen LogP contribution >= 0.6 is 11.6 Å². The van der Waals surface area contributed by atoms with Gasteiger partial charge in [0.2, 0.25) is 0 Å². The second kappa shape index (κ2) is 5.04. The summed E-state index contributed by atoms with van der Waals surface area (Å²) < 4.78 is 18.0. The molecule has 0 radical (unpaired) electrons. The van der Waals surface area contributed by atoms with Crippen molar-refractivity contribution in [3.8, 4) is 5.75 Å². The highest BCUT2D eigenvalue weighted by atomic mass is 35.5. The second-order valence-electron chi connectivity index (χ2n) is 2.48. The molecule has 1 aromatic rings. The van der Waals surface area contributed by atoms with Gasteiger partial charge in [-0.1, -0.05) is 17.7 Å². The molecule has 2 nitrogen and oxygen atoms in total. The van der Waals surface area contributed by atoms with Crippen molar-refractivity contribution in [3.05, 3.63) is 29.0 Å². The Labute approximate surface area is 80.9 Å². The summed E-state index contributed by atoms with van der Waals surface area (Å²) in [6, 6.07) is 4.34. The number of benzene rings is 1. The van der Waals surface area contributed by atoms with Gasteiger partial charge in [-0.2, -0.15) is 0 Å². The molecule has 0 aliphatic heterocycles. The van der Waals surface area contributed by atoms with Crippen molar-refractivity contribution in [2.24, 2.45) is 0 Å². The summed E-state index contributed by atoms with van der Waals surface area (Å²) in [4.78, 5) is 0. The SMILES string of the molecule is OCCCOc1c(F)cccc1Cl. The van der Waals surface area contributed by atoms with E-state index in [9.17, 15) is 4.39 Å². The van der Waals surface area contributed by atoms with Crippen LogP contribution in [0.15, 0.2) is 18.2 Å². The van der Waals surface area contributed by atoms with Gasteiger partial charge < -0.3 is 9.84 Å². The molecular weight excluding hydrogens is 195 g/mol. The topological polar surface area (TPSA) is 29.5 Å². The molecule has 0 atom stereocenters. The standard InChI is InChI=1S/C9H10ClFO2/c10-7-3-1-4-8(11)9(7)13-6-2-5-12/h1,3-4,12H,2,5-6H2. The third-order valence-corrected chi connectivity index (χ3v) is 1.77. The first-order valence-corrected chi connectivity index (χ1v) is 4.31. The van der Waals surface area contributed by atoms with Crippen LogP contribution in [0, 0.1) is 5.82 Å². The average Bonchev–Trinajstić information content (AvgIpc) is 2.10. The lowest BCUT2D eigenvalue weighted by Gasteiger charge is -2.07. The molecule has 0 aliphatic carbocycles. The van der Waals surface area contributed by atoms with Gasteiger partial charge >= 0.3 is 0 Å². The van der Waals surface area contributed by atoms with Gasteiger partial charge in [-0.05, 0) is 12.1 Å². The zero-order chi connectivity index (χ0) is 9.68. The maximum atomic E-state index is 13.0. The van der Waals surface area contributed by atoms with Gasteiger partial charge in [0.1, 0.15) is 0 Å². The van der Waals surface area contributed by atoms with Gasteiger partial charge in [-0.15, -0.1) is 0 Å². The minimum atomic E-state index is -0.481. The summed E-state index contributed by atoms with van der Waals surface area (Å²) in [6.07, 6.45) is 0.463. The summed E-state index contributed by atoms with van der Waals surface area (Å²) in [7, 11) is 0. The number of hydrogen-bond acceptors (Lipinski definition) is 2. The largest absolute Gasteiger partial charge is 0.489 e. The minimum Gasteiger partial charge on any atom is -0.489 e. The number of halogens is 2. The van der Waals surface area contributed by atoms with E-state index in [2.05, 4.69) is 0 Å². The van der Waals surface area contributed by atoms with Crippen LogP contribution in [0.3, 0.4) is 0 Å². The van der Waals surface area contributed by atoms with E-state index in [4.69, 9.17) is 21.4 Å². The number of rotatable bonds is 4. The Bertz CT molecular complexity index is 258. The quantitative estimate of drug-likeness (QED) is 0.763. The van der Waals surface area contributed by atoms with Crippen LogP contribution in [0.1, 0.15) is 6.42 Å². The highest BCUT2D eigenvalue weighted by molar-refractivity contribution is 6.32. The van der Waals surface area contributed by atoms with Gasteiger partial charge in [0.15, 0.2) is 11.6 Å². The number of aliphatic hydroxyl groups excluding tert-OH is 1. The zero-order valence-electron chi connectivity index (χ0n) is 6.96. The lowest BCUT2D eigenvalue weighted by Crippen LogP contribution is -2.01. The van der Waals surface area contributed by atoms with Gasteiger partial charge in [0.25, 0.3) is 0 Å². The van der Waals surface area contributed by atoms with Crippen molar-refractivity contribution in [1.82, 2.24) is 0 Å². The molecule has 72 valence electrons. The van der Waals surface area contributed by atoms with Crippen LogP contribution in [-0.4, -0.2) is 18.3 Å². The Hall–Kier alpha value is -0.800. The molecule has 0 fully saturated rings. The average molecular weight is 205 g/mol. The minimum absolute atomic E-state index is 0.0199. The van der Waals surface area contributed by atoms with Crippen molar-refractivity contribution >= 4 is 11.6 Å². The molecule has 1 aromatic carbocycles. The number of hydrogen-bond donors (Lipinski definition) is 1. The smallest absolute Gasteiger partial charge is 0.173 e. The van der Waals surface area contributed by atoms with Gasteiger partial charge in [0.05, 0.1) is 11.6 Å². The molecule has 0 bridgehead atoms. The molecule has 0 saturated heterocycles.